The Kier molecular flexibility index (Phi) is 3.07. The van der Waals surface area contributed by atoms with Gasteiger partial charge in [0.25, 0.3) is 0 Å². The Labute approximate surface area is 99.7 Å². The fourth-order valence-corrected chi connectivity index (χ4v) is 1.85. The molecule has 0 N–H and O–H groups in total. The lowest BCUT2D eigenvalue weighted by molar-refractivity contribution is 0.101. The molecule has 0 saturated heterocycles. The molecule has 0 aliphatic rings. The van der Waals surface area contributed by atoms with Crippen molar-refractivity contribution in [1.82, 2.24) is 0 Å². The maximum atomic E-state index is 11.5. The summed E-state index contributed by atoms with van der Waals surface area (Å²) < 4.78 is 0. The van der Waals surface area contributed by atoms with E-state index in [2.05, 4.69) is 0 Å². The van der Waals surface area contributed by atoms with E-state index < -0.39 is 0 Å². The molecule has 0 amide bonds. The van der Waals surface area contributed by atoms with Crippen LogP contribution < -0.4 is 0 Å². The number of carbonyl (C=O) groups excluding carboxylic acids is 1. The zero-order chi connectivity index (χ0) is 11.5. The van der Waals surface area contributed by atoms with Crippen molar-refractivity contribution in [2.45, 2.75) is 6.92 Å². The van der Waals surface area contributed by atoms with Crippen LogP contribution in [0.2, 0.25) is 5.02 Å². The van der Waals surface area contributed by atoms with E-state index in [1.807, 2.05) is 36.4 Å². The van der Waals surface area contributed by atoms with Crippen LogP contribution in [0.25, 0.3) is 11.1 Å². The number of ketones is 1. The minimum atomic E-state index is 0.0290. The topological polar surface area (TPSA) is 17.1 Å². The molecule has 0 atom stereocenters. The van der Waals surface area contributed by atoms with Gasteiger partial charge in [-0.3, -0.25) is 4.79 Å². The fraction of sp³-hybridized carbons (Fsp3) is 0.0714. The molecular weight excluding hydrogens is 220 g/mol. The van der Waals surface area contributed by atoms with Crippen molar-refractivity contribution in [1.29, 1.82) is 0 Å². The molecule has 2 aromatic rings. The Hall–Kier alpha value is -1.60. The molecule has 0 aliphatic carbocycles. The number of hydrogen-bond donors (Lipinski definition) is 0. The van der Waals surface area contributed by atoms with Crippen LogP contribution in [0.4, 0.5) is 0 Å². The average molecular weight is 231 g/mol. The first-order chi connectivity index (χ1) is 7.68. The van der Waals surface area contributed by atoms with E-state index >= 15 is 0 Å². The maximum absolute atomic E-state index is 11.5. The number of benzene rings is 2. The maximum Gasteiger partial charge on any atom is 0.160 e. The highest BCUT2D eigenvalue weighted by molar-refractivity contribution is 6.31. The van der Waals surface area contributed by atoms with Crippen molar-refractivity contribution in [2.24, 2.45) is 0 Å². The predicted molar refractivity (Wildman–Crippen MR) is 66.9 cm³/mol. The Morgan fingerprint density at radius 2 is 1.75 bits per heavy atom. The molecule has 0 heterocycles. The van der Waals surface area contributed by atoms with Crippen molar-refractivity contribution in [3.05, 3.63) is 59.1 Å². The monoisotopic (exact) mass is 230 g/mol. The van der Waals surface area contributed by atoms with Crippen LogP contribution in [-0.2, 0) is 0 Å². The number of rotatable bonds is 2. The van der Waals surface area contributed by atoms with Gasteiger partial charge in [0.05, 0.1) is 0 Å². The zero-order valence-corrected chi connectivity index (χ0v) is 9.66. The molecule has 16 heavy (non-hydrogen) atoms. The molecule has 0 spiro atoms. The fourth-order valence-electron chi connectivity index (χ4n) is 1.68. The Morgan fingerprint density at radius 3 is 2.38 bits per heavy atom. The van der Waals surface area contributed by atoms with Gasteiger partial charge in [0.2, 0.25) is 0 Å². The summed E-state index contributed by atoms with van der Waals surface area (Å²) >= 11 is 5.90. The molecule has 0 fully saturated rings. The third-order valence-electron chi connectivity index (χ3n) is 2.45. The summed E-state index contributed by atoms with van der Waals surface area (Å²) in [5, 5.41) is 0.588. The van der Waals surface area contributed by atoms with E-state index in [0.29, 0.717) is 10.6 Å². The standard InChI is InChI=1S/C14H11ClO/c1-10(16)14-9-12(15)7-8-13(14)11-5-3-2-4-6-11/h2-9H,1H3. The van der Waals surface area contributed by atoms with Gasteiger partial charge in [0.1, 0.15) is 0 Å². The molecule has 0 aromatic heterocycles. The molecular formula is C14H11ClO. The van der Waals surface area contributed by atoms with Crippen LogP contribution >= 0.6 is 11.6 Å². The van der Waals surface area contributed by atoms with Crippen molar-refractivity contribution in [2.75, 3.05) is 0 Å². The number of carbonyl (C=O) groups is 1. The third-order valence-corrected chi connectivity index (χ3v) is 2.68. The second-order valence-electron chi connectivity index (χ2n) is 3.61. The van der Waals surface area contributed by atoms with E-state index in [9.17, 15) is 4.79 Å². The minimum Gasteiger partial charge on any atom is -0.294 e. The van der Waals surface area contributed by atoms with Gasteiger partial charge in [-0.15, -0.1) is 0 Å². The molecule has 80 valence electrons. The first kappa shape index (κ1) is 10.9. The Balaban J connectivity index is 2.61. The average Bonchev–Trinajstić information content (AvgIpc) is 2.30. The van der Waals surface area contributed by atoms with Crippen LogP contribution in [0.5, 0.6) is 0 Å². The molecule has 1 nitrogen and oxygen atoms in total. The summed E-state index contributed by atoms with van der Waals surface area (Å²) in [5.74, 6) is 0.0290. The van der Waals surface area contributed by atoms with Crippen LogP contribution in [0.15, 0.2) is 48.5 Å². The first-order valence-corrected chi connectivity index (χ1v) is 5.42. The molecule has 2 rings (SSSR count). The van der Waals surface area contributed by atoms with Gasteiger partial charge in [-0.1, -0.05) is 48.0 Å². The summed E-state index contributed by atoms with van der Waals surface area (Å²) in [6, 6.07) is 15.2. The SMILES string of the molecule is CC(=O)c1cc(Cl)ccc1-c1ccccc1. The van der Waals surface area contributed by atoms with Gasteiger partial charge in [-0.05, 0) is 30.2 Å². The van der Waals surface area contributed by atoms with Gasteiger partial charge in [0, 0.05) is 10.6 Å². The summed E-state index contributed by atoms with van der Waals surface area (Å²) in [5.41, 5.74) is 2.63. The minimum absolute atomic E-state index is 0.0290. The second-order valence-corrected chi connectivity index (χ2v) is 4.05. The largest absolute Gasteiger partial charge is 0.294 e. The molecule has 0 radical (unpaired) electrons. The Morgan fingerprint density at radius 1 is 1.06 bits per heavy atom. The summed E-state index contributed by atoms with van der Waals surface area (Å²) in [7, 11) is 0. The number of Topliss-reactive ketones (excluding diaryl/α,β-unsaturated/α-hetero) is 1. The molecule has 0 bridgehead atoms. The molecule has 0 aliphatic heterocycles. The Bertz CT molecular complexity index is 518. The van der Waals surface area contributed by atoms with Crippen molar-refractivity contribution in [3.63, 3.8) is 0 Å². The predicted octanol–water partition coefficient (Wildman–Crippen LogP) is 4.21. The van der Waals surface area contributed by atoms with Crippen LogP contribution in [-0.4, -0.2) is 5.78 Å². The second kappa shape index (κ2) is 4.50. The highest BCUT2D eigenvalue weighted by Gasteiger charge is 2.09. The van der Waals surface area contributed by atoms with Gasteiger partial charge >= 0.3 is 0 Å². The van der Waals surface area contributed by atoms with E-state index in [0.717, 1.165) is 11.1 Å². The number of hydrogen-bond acceptors (Lipinski definition) is 1. The van der Waals surface area contributed by atoms with E-state index in [-0.39, 0.29) is 5.78 Å². The van der Waals surface area contributed by atoms with Crippen molar-refractivity contribution in [3.8, 4) is 11.1 Å². The molecule has 2 heteroatoms. The lowest BCUT2D eigenvalue weighted by Gasteiger charge is -2.07. The highest BCUT2D eigenvalue weighted by Crippen LogP contribution is 2.26. The smallest absolute Gasteiger partial charge is 0.160 e. The van der Waals surface area contributed by atoms with Crippen LogP contribution in [0.1, 0.15) is 17.3 Å². The quantitative estimate of drug-likeness (QED) is 0.707. The van der Waals surface area contributed by atoms with E-state index in [1.54, 1.807) is 19.1 Å². The van der Waals surface area contributed by atoms with Gasteiger partial charge in [-0.2, -0.15) is 0 Å². The first-order valence-electron chi connectivity index (χ1n) is 5.04. The zero-order valence-electron chi connectivity index (χ0n) is 8.91. The van der Waals surface area contributed by atoms with Crippen molar-refractivity contribution < 1.29 is 4.79 Å². The van der Waals surface area contributed by atoms with E-state index in [1.165, 1.54) is 0 Å². The lowest BCUT2D eigenvalue weighted by atomic mass is 9.98. The molecule has 0 saturated carbocycles. The van der Waals surface area contributed by atoms with Gasteiger partial charge in [0.15, 0.2) is 5.78 Å². The van der Waals surface area contributed by atoms with Crippen LogP contribution in [0.3, 0.4) is 0 Å². The molecule has 0 unspecified atom stereocenters. The van der Waals surface area contributed by atoms with Gasteiger partial charge in [-0.25, -0.2) is 0 Å². The summed E-state index contributed by atoms with van der Waals surface area (Å²) in [6.45, 7) is 1.55. The van der Waals surface area contributed by atoms with E-state index in [4.69, 9.17) is 11.6 Å². The van der Waals surface area contributed by atoms with Gasteiger partial charge < -0.3 is 0 Å². The molecule has 2 aromatic carbocycles. The lowest BCUT2D eigenvalue weighted by Crippen LogP contribution is -1.95. The normalized spacial score (nSPS) is 10.1. The summed E-state index contributed by atoms with van der Waals surface area (Å²) in [6.07, 6.45) is 0. The third kappa shape index (κ3) is 2.15. The van der Waals surface area contributed by atoms with Crippen molar-refractivity contribution >= 4 is 17.4 Å². The summed E-state index contributed by atoms with van der Waals surface area (Å²) in [4.78, 5) is 11.5. The van der Waals surface area contributed by atoms with Crippen LogP contribution in [0, 0.1) is 0 Å². The number of halogens is 1. The highest BCUT2D eigenvalue weighted by atomic mass is 35.5.